The smallest absolute Gasteiger partial charge is 0.215 e. The van der Waals surface area contributed by atoms with E-state index < -0.39 is 0 Å². The predicted octanol–water partition coefficient (Wildman–Crippen LogP) is 2.14. The molecule has 1 aromatic rings. The summed E-state index contributed by atoms with van der Waals surface area (Å²) < 4.78 is 4.87. The quantitative estimate of drug-likeness (QED) is 0.468. The molecular weight excluding hydrogens is 138 g/mol. The van der Waals surface area contributed by atoms with Crippen LogP contribution in [-0.4, -0.2) is 4.98 Å². The lowest BCUT2D eigenvalue weighted by Crippen LogP contribution is -1.82. The molecule has 0 N–H and O–H groups in total. The van der Waals surface area contributed by atoms with E-state index in [2.05, 4.69) is 11.6 Å². The van der Waals surface area contributed by atoms with E-state index in [-0.39, 0.29) is 5.38 Å². The fourth-order valence-corrected chi connectivity index (χ4v) is 0.579. The summed E-state index contributed by atoms with van der Waals surface area (Å²) in [5.41, 5.74) is 0. The molecule has 1 heterocycles. The van der Waals surface area contributed by atoms with Gasteiger partial charge in [-0.25, -0.2) is 4.98 Å². The van der Waals surface area contributed by atoms with Crippen molar-refractivity contribution in [3.8, 4) is 0 Å². The number of oxazole rings is 1. The largest absolute Gasteiger partial charge is 0.447 e. The van der Waals surface area contributed by atoms with E-state index in [9.17, 15) is 0 Å². The molecule has 1 rings (SSSR count). The second-order valence-electron chi connectivity index (χ2n) is 1.51. The van der Waals surface area contributed by atoms with Crippen LogP contribution in [0.2, 0.25) is 0 Å². The summed E-state index contributed by atoms with van der Waals surface area (Å²) in [4.78, 5) is 3.82. The predicted molar refractivity (Wildman–Crippen MR) is 35.3 cm³/mol. The average molecular weight is 144 g/mol. The molecular formula is C6H6ClNO. The summed E-state index contributed by atoms with van der Waals surface area (Å²) in [6.45, 7) is 3.48. The van der Waals surface area contributed by atoms with Crippen molar-refractivity contribution in [1.29, 1.82) is 0 Å². The summed E-state index contributed by atoms with van der Waals surface area (Å²) in [6.07, 6.45) is 4.59. The maximum Gasteiger partial charge on any atom is 0.215 e. The summed E-state index contributed by atoms with van der Waals surface area (Å²) >= 11 is 5.66. The Morgan fingerprint density at radius 3 is 3.11 bits per heavy atom. The van der Waals surface area contributed by atoms with Crippen molar-refractivity contribution >= 4 is 11.6 Å². The molecule has 0 bridgehead atoms. The van der Waals surface area contributed by atoms with Gasteiger partial charge < -0.3 is 4.42 Å². The van der Waals surface area contributed by atoms with Gasteiger partial charge in [-0.2, -0.15) is 0 Å². The summed E-state index contributed by atoms with van der Waals surface area (Å²) in [6, 6.07) is 0. The molecule has 48 valence electrons. The Hall–Kier alpha value is -0.760. The standard InChI is InChI=1S/C6H6ClNO/c1-2-5(7)6-8-3-4-9-6/h2-5H,1H2. The maximum absolute atomic E-state index is 5.66. The van der Waals surface area contributed by atoms with Gasteiger partial charge in [-0.1, -0.05) is 6.08 Å². The maximum atomic E-state index is 5.66. The van der Waals surface area contributed by atoms with Gasteiger partial charge in [-0.15, -0.1) is 18.2 Å². The first kappa shape index (κ1) is 6.36. The minimum absolute atomic E-state index is 0.306. The van der Waals surface area contributed by atoms with Gasteiger partial charge >= 0.3 is 0 Å². The van der Waals surface area contributed by atoms with Crippen LogP contribution in [0.3, 0.4) is 0 Å². The average Bonchev–Trinajstić information content (AvgIpc) is 2.37. The van der Waals surface area contributed by atoms with Crippen LogP contribution < -0.4 is 0 Å². The third-order valence-corrected chi connectivity index (χ3v) is 1.26. The van der Waals surface area contributed by atoms with Gasteiger partial charge in [0.1, 0.15) is 11.6 Å². The molecule has 9 heavy (non-hydrogen) atoms. The summed E-state index contributed by atoms with van der Waals surface area (Å²) in [7, 11) is 0. The van der Waals surface area contributed by atoms with E-state index in [0.717, 1.165) is 0 Å². The Kier molecular flexibility index (Phi) is 1.90. The Morgan fingerprint density at radius 2 is 2.67 bits per heavy atom. The highest BCUT2D eigenvalue weighted by Gasteiger charge is 2.05. The third-order valence-electron chi connectivity index (χ3n) is 0.894. The molecule has 0 aliphatic rings. The van der Waals surface area contributed by atoms with E-state index in [4.69, 9.17) is 16.0 Å². The Labute approximate surface area is 58.2 Å². The fraction of sp³-hybridized carbons (Fsp3) is 0.167. The van der Waals surface area contributed by atoms with E-state index >= 15 is 0 Å². The third kappa shape index (κ3) is 1.33. The van der Waals surface area contributed by atoms with Gasteiger partial charge in [0.25, 0.3) is 0 Å². The molecule has 1 unspecified atom stereocenters. The minimum atomic E-state index is -0.306. The van der Waals surface area contributed by atoms with E-state index in [1.54, 1.807) is 12.3 Å². The Morgan fingerprint density at radius 1 is 1.89 bits per heavy atom. The molecule has 2 nitrogen and oxygen atoms in total. The molecule has 3 heteroatoms. The molecule has 0 amide bonds. The molecule has 0 fully saturated rings. The highest BCUT2D eigenvalue weighted by molar-refractivity contribution is 6.21. The van der Waals surface area contributed by atoms with Crippen LogP contribution in [0, 0.1) is 0 Å². The molecule has 0 aliphatic heterocycles. The highest BCUT2D eigenvalue weighted by Crippen LogP contribution is 2.17. The summed E-state index contributed by atoms with van der Waals surface area (Å²) in [5.74, 6) is 0.492. The van der Waals surface area contributed by atoms with Crippen LogP contribution in [0.25, 0.3) is 0 Å². The molecule has 0 spiro atoms. The fourth-order valence-electron chi connectivity index (χ4n) is 0.471. The number of hydrogen-bond acceptors (Lipinski definition) is 2. The van der Waals surface area contributed by atoms with Gasteiger partial charge in [0.05, 0.1) is 6.20 Å². The first-order valence-electron chi connectivity index (χ1n) is 2.50. The lowest BCUT2D eigenvalue weighted by Gasteiger charge is -1.92. The van der Waals surface area contributed by atoms with Crippen molar-refractivity contribution in [2.45, 2.75) is 5.38 Å². The molecule has 0 aliphatic carbocycles. The van der Waals surface area contributed by atoms with E-state index in [1.807, 2.05) is 0 Å². The number of halogens is 1. The molecule has 1 atom stereocenters. The second-order valence-corrected chi connectivity index (χ2v) is 1.98. The molecule has 0 saturated carbocycles. The van der Waals surface area contributed by atoms with Gasteiger partial charge in [0.2, 0.25) is 5.89 Å². The van der Waals surface area contributed by atoms with Gasteiger partial charge in [-0.05, 0) is 0 Å². The van der Waals surface area contributed by atoms with Crippen LogP contribution in [0.5, 0.6) is 0 Å². The van der Waals surface area contributed by atoms with Gasteiger partial charge in [-0.3, -0.25) is 0 Å². The second kappa shape index (κ2) is 2.69. The van der Waals surface area contributed by atoms with E-state index in [1.165, 1.54) is 6.26 Å². The van der Waals surface area contributed by atoms with Crippen molar-refractivity contribution in [2.24, 2.45) is 0 Å². The van der Waals surface area contributed by atoms with Crippen LogP contribution in [0.1, 0.15) is 11.3 Å². The topological polar surface area (TPSA) is 26.0 Å². The minimum Gasteiger partial charge on any atom is -0.447 e. The normalized spacial score (nSPS) is 13.0. The lowest BCUT2D eigenvalue weighted by molar-refractivity contribution is 0.504. The number of rotatable bonds is 2. The zero-order valence-electron chi connectivity index (χ0n) is 4.75. The van der Waals surface area contributed by atoms with Crippen molar-refractivity contribution in [1.82, 2.24) is 4.98 Å². The lowest BCUT2D eigenvalue weighted by atomic mass is 10.4. The van der Waals surface area contributed by atoms with Crippen molar-refractivity contribution < 1.29 is 4.42 Å². The van der Waals surface area contributed by atoms with Crippen molar-refractivity contribution in [2.75, 3.05) is 0 Å². The SMILES string of the molecule is C=CC(Cl)c1ncco1. The number of hydrogen-bond donors (Lipinski definition) is 0. The van der Waals surface area contributed by atoms with Crippen LogP contribution in [-0.2, 0) is 0 Å². The number of nitrogens with zero attached hydrogens (tertiary/aromatic N) is 1. The molecule has 0 aromatic carbocycles. The highest BCUT2D eigenvalue weighted by atomic mass is 35.5. The summed E-state index contributed by atoms with van der Waals surface area (Å²) in [5, 5.41) is -0.306. The van der Waals surface area contributed by atoms with Crippen LogP contribution >= 0.6 is 11.6 Å². The van der Waals surface area contributed by atoms with Crippen LogP contribution in [0.15, 0.2) is 29.5 Å². The zero-order chi connectivity index (χ0) is 6.69. The van der Waals surface area contributed by atoms with Crippen molar-refractivity contribution in [3.63, 3.8) is 0 Å². The number of allylic oxidation sites excluding steroid dienone is 1. The zero-order valence-corrected chi connectivity index (χ0v) is 5.51. The number of alkyl halides is 1. The molecule has 0 saturated heterocycles. The van der Waals surface area contributed by atoms with Gasteiger partial charge in [0, 0.05) is 0 Å². The Balaban J connectivity index is 2.76. The first-order chi connectivity index (χ1) is 4.34. The molecule has 0 radical (unpaired) electrons. The molecule has 1 aromatic heterocycles. The van der Waals surface area contributed by atoms with Crippen molar-refractivity contribution in [3.05, 3.63) is 31.0 Å². The van der Waals surface area contributed by atoms with E-state index in [0.29, 0.717) is 5.89 Å². The monoisotopic (exact) mass is 143 g/mol. The number of aromatic nitrogens is 1. The Bertz CT molecular complexity index is 183. The van der Waals surface area contributed by atoms with Crippen LogP contribution in [0.4, 0.5) is 0 Å². The first-order valence-corrected chi connectivity index (χ1v) is 2.94. The van der Waals surface area contributed by atoms with Gasteiger partial charge in [0.15, 0.2) is 0 Å².